The highest BCUT2D eigenvalue weighted by atomic mass is 35.5. The van der Waals surface area contributed by atoms with Gasteiger partial charge in [0, 0.05) is 22.0 Å². The molecule has 0 radical (unpaired) electrons. The first-order valence-corrected chi connectivity index (χ1v) is 9.92. The predicted molar refractivity (Wildman–Crippen MR) is 112 cm³/mol. The van der Waals surface area contributed by atoms with Gasteiger partial charge < -0.3 is 4.74 Å². The Kier molecular flexibility index (Phi) is 4.36. The van der Waals surface area contributed by atoms with Crippen LogP contribution in [0, 0.1) is 0 Å². The maximum absolute atomic E-state index is 13.0. The zero-order valence-electron chi connectivity index (χ0n) is 15.9. The Labute approximate surface area is 172 Å². The van der Waals surface area contributed by atoms with Gasteiger partial charge >= 0.3 is 0 Å². The number of rotatable bonds is 4. The predicted octanol–water partition coefficient (Wildman–Crippen LogP) is 3.78. The van der Waals surface area contributed by atoms with Crippen molar-refractivity contribution < 1.29 is 4.74 Å². The van der Waals surface area contributed by atoms with Crippen LogP contribution < -0.4 is 10.2 Å². The quantitative estimate of drug-likeness (QED) is 0.517. The molecule has 0 fully saturated rings. The van der Waals surface area contributed by atoms with E-state index in [1.54, 1.807) is 11.8 Å². The molecule has 0 amide bonds. The molecule has 5 rings (SSSR count). The molecule has 0 atom stereocenters. The van der Waals surface area contributed by atoms with Crippen molar-refractivity contribution in [2.75, 3.05) is 7.11 Å². The lowest BCUT2D eigenvalue weighted by atomic mass is 10.1. The number of nitrogens with zero attached hydrogens (tertiary/aromatic N) is 4. The SMILES string of the molecule is COc1ccc(Cn2nnc3c(=O)c4c(n(-c5cccc(Cl)c5)c32)CCC4)cc1. The standard InChI is InChI=1S/C22H19ClN4O2/c1-29-17-10-8-14(9-11-17)13-26-22-20(24-25-26)21(28)18-6-3-7-19(18)27(22)16-5-2-4-15(23)12-16/h2,4-5,8-12H,3,6-7,13H2,1H3. The number of hydrogen-bond acceptors (Lipinski definition) is 4. The van der Waals surface area contributed by atoms with Gasteiger partial charge in [-0.05, 0) is 55.2 Å². The molecule has 0 bridgehead atoms. The molecule has 6 nitrogen and oxygen atoms in total. The lowest BCUT2D eigenvalue weighted by Gasteiger charge is -2.16. The maximum Gasteiger partial charge on any atom is 0.214 e. The molecule has 29 heavy (non-hydrogen) atoms. The molecule has 0 N–H and O–H groups in total. The van der Waals surface area contributed by atoms with Crippen LogP contribution in [0.2, 0.25) is 5.02 Å². The zero-order valence-corrected chi connectivity index (χ0v) is 16.7. The Hall–Kier alpha value is -3.12. The molecule has 0 saturated heterocycles. The number of benzene rings is 2. The number of fused-ring (bicyclic) bond motifs is 2. The van der Waals surface area contributed by atoms with Crippen molar-refractivity contribution in [3.8, 4) is 11.4 Å². The van der Waals surface area contributed by atoms with Crippen LogP contribution in [0.25, 0.3) is 16.9 Å². The third kappa shape index (κ3) is 3.00. The third-order valence-electron chi connectivity index (χ3n) is 5.43. The Morgan fingerprint density at radius 3 is 2.72 bits per heavy atom. The molecule has 0 saturated carbocycles. The lowest BCUT2D eigenvalue weighted by molar-refractivity contribution is 0.414. The second kappa shape index (κ2) is 7.04. The minimum atomic E-state index is -0.00763. The van der Waals surface area contributed by atoms with Gasteiger partial charge in [0.1, 0.15) is 5.75 Å². The Balaban J connectivity index is 1.74. The van der Waals surface area contributed by atoms with Crippen LogP contribution in [0.5, 0.6) is 5.75 Å². The monoisotopic (exact) mass is 406 g/mol. The van der Waals surface area contributed by atoms with Crippen molar-refractivity contribution in [2.45, 2.75) is 25.8 Å². The van der Waals surface area contributed by atoms with Crippen LogP contribution in [0.15, 0.2) is 53.3 Å². The molecule has 7 heteroatoms. The lowest BCUT2D eigenvalue weighted by Crippen LogP contribution is -2.18. The summed E-state index contributed by atoms with van der Waals surface area (Å²) in [6.45, 7) is 0.499. The van der Waals surface area contributed by atoms with Crippen molar-refractivity contribution in [1.29, 1.82) is 0 Å². The van der Waals surface area contributed by atoms with Gasteiger partial charge in [-0.15, -0.1) is 5.10 Å². The molecule has 4 aromatic rings. The van der Waals surface area contributed by atoms with E-state index in [2.05, 4.69) is 14.9 Å². The fourth-order valence-electron chi connectivity index (χ4n) is 4.07. The number of hydrogen-bond donors (Lipinski definition) is 0. The molecule has 2 aromatic carbocycles. The molecule has 1 aliphatic rings. The van der Waals surface area contributed by atoms with Gasteiger partial charge in [0.15, 0.2) is 11.2 Å². The van der Waals surface area contributed by atoms with Crippen LogP contribution in [-0.4, -0.2) is 26.7 Å². The molecule has 1 aliphatic carbocycles. The molecule has 0 aliphatic heterocycles. The second-order valence-electron chi connectivity index (χ2n) is 7.19. The summed E-state index contributed by atoms with van der Waals surface area (Å²) in [6, 6.07) is 15.5. The van der Waals surface area contributed by atoms with Crippen molar-refractivity contribution in [1.82, 2.24) is 19.6 Å². The highest BCUT2D eigenvalue weighted by Gasteiger charge is 2.25. The fourth-order valence-corrected chi connectivity index (χ4v) is 4.25. The van der Waals surface area contributed by atoms with Gasteiger partial charge in [0.2, 0.25) is 5.43 Å². The van der Waals surface area contributed by atoms with E-state index in [4.69, 9.17) is 16.3 Å². The Morgan fingerprint density at radius 1 is 1.14 bits per heavy atom. The second-order valence-corrected chi connectivity index (χ2v) is 7.63. The normalized spacial score (nSPS) is 13.0. The van der Waals surface area contributed by atoms with Crippen molar-refractivity contribution in [2.24, 2.45) is 0 Å². The van der Waals surface area contributed by atoms with E-state index in [0.29, 0.717) is 22.7 Å². The topological polar surface area (TPSA) is 61.9 Å². The van der Waals surface area contributed by atoms with Crippen LogP contribution in [-0.2, 0) is 19.4 Å². The van der Waals surface area contributed by atoms with E-state index >= 15 is 0 Å². The van der Waals surface area contributed by atoms with Crippen LogP contribution in [0.3, 0.4) is 0 Å². The van der Waals surface area contributed by atoms with E-state index < -0.39 is 0 Å². The summed E-state index contributed by atoms with van der Waals surface area (Å²) in [4.78, 5) is 13.0. The van der Waals surface area contributed by atoms with E-state index in [1.165, 1.54) is 0 Å². The minimum Gasteiger partial charge on any atom is -0.497 e. The minimum absolute atomic E-state index is 0.00763. The first-order chi connectivity index (χ1) is 14.2. The Morgan fingerprint density at radius 2 is 1.97 bits per heavy atom. The first kappa shape index (κ1) is 17.9. The number of halogens is 1. The van der Waals surface area contributed by atoms with Gasteiger partial charge in [0.05, 0.1) is 13.7 Å². The van der Waals surface area contributed by atoms with Crippen molar-refractivity contribution in [3.63, 3.8) is 0 Å². The third-order valence-corrected chi connectivity index (χ3v) is 5.66. The molecule has 146 valence electrons. The summed E-state index contributed by atoms with van der Waals surface area (Å²) in [5.74, 6) is 0.797. The van der Waals surface area contributed by atoms with Gasteiger partial charge in [-0.3, -0.25) is 9.36 Å². The van der Waals surface area contributed by atoms with Crippen molar-refractivity contribution in [3.05, 3.63) is 80.6 Å². The number of aromatic nitrogens is 4. The molecule has 0 spiro atoms. The smallest absolute Gasteiger partial charge is 0.214 e. The molecular formula is C22H19ClN4O2. The number of methoxy groups -OCH3 is 1. The molecule has 2 aromatic heterocycles. The largest absolute Gasteiger partial charge is 0.497 e. The van der Waals surface area contributed by atoms with Crippen LogP contribution in [0.1, 0.15) is 23.2 Å². The average molecular weight is 407 g/mol. The van der Waals surface area contributed by atoms with E-state index in [0.717, 1.165) is 47.5 Å². The molecule has 2 heterocycles. The van der Waals surface area contributed by atoms with Gasteiger partial charge in [-0.1, -0.05) is 35.0 Å². The maximum atomic E-state index is 13.0. The highest BCUT2D eigenvalue weighted by Crippen LogP contribution is 2.28. The number of pyridine rings is 1. The Bertz CT molecular complexity index is 1270. The van der Waals surface area contributed by atoms with E-state index in [-0.39, 0.29) is 5.43 Å². The summed E-state index contributed by atoms with van der Waals surface area (Å²) in [5, 5.41) is 9.23. The molecular weight excluding hydrogens is 388 g/mol. The van der Waals surface area contributed by atoms with E-state index in [9.17, 15) is 4.79 Å². The summed E-state index contributed by atoms with van der Waals surface area (Å²) < 4.78 is 9.13. The highest BCUT2D eigenvalue weighted by molar-refractivity contribution is 6.30. The first-order valence-electron chi connectivity index (χ1n) is 9.54. The van der Waals surface area contributed by atoms with E-state index in [1.807, 2.05) is 48.5 Å². The summed E-state index contributed by atoms with van der Waals surface area (Å²) in [5.41, 5.74) is 4.93. The summed E-state index contributed by atoms with van der Waals surface area (Å²) in [7, 11) is 1.64. The molecule has 0 unspecified atom stereocenters. The van der Waals surface area contributed by atoms with Crippen LogP contribution in [0.4, 0.5) is 0 Å². The van der Waals surface area contributed by atoms with Gasteiger partial charge in [0.25, 0.3) is 0 Å². The summed E-state index contributed by atoms with van der Waals surface area (Å²) in [6.07, 6.45) is 2.58. The zero-order chi connectivity index (χ0) is 20.0. The summed E-state index contributed by atoms with van der Waals surface area (Å²) >= 11 is 6.28. The number of ether oxygens (including phenoxy) is 1. The van der Waals surface area contributed by atoms with Gasteiger partial charge in [-0.2, -0.15) is 0 Å². The van der Waals surface area contributed by atoms with Crippen LogP contribution >= 0.6 is 11.6 Å². The van der Waals surface area contributed by atoms with Gasteiger partial charge in [-0.25, -0.2) is 4.68 Å². The fraction of sp³-hybridized carbons (Fsp3) is 0.227. The average Bonchev–Trinajstić information content (AvgIpc) is 3.37. The van der Waals surface area contributed by atoms with Crippen molar-refractivity contribution >= 4 is 22.8 Å².